The van der Waals surface area contributed by atoms with Crippen molar-refractivity contribution in [1.82, 2.24) is 20.8 Å². The van der Waals surface area contributed by atoms with E-state index >= 15 is 0 Å². The lowest BCUT2D eigenvalue weighted by Crippen LogP contribution is -2.51. The fourth-order valence-electron chi connectivity index (χ4n) is 1.50. The number of ether oxygens (including phenoxy) is 1. The number of carbonyl (C=O) groups is 3. The van der Waals surface area contributed by atoms with E-state index < -0.39 is 30.2 Å². The predicted molar refractivity (Wildman–Crippen MR) is 74.8 cm³/mol. The summed E-state index contributed by atoms with van der Waals surface area (Å²) in [6.07, 6.45) is -1.14. The SMILES string of the molecule is COC(=O)[C@@H](NC(=O)NCc1nc([C@@H](N)C(C)=O)no1)C(C)O. The average molecular weight is 329 g/mol. The molecule has 1 unspecified atom stereocenters. The molecule has 1 aromatic heterocycles. The number of Topliss-reactive ketones (excluding diaryl/α,β-unsaturated/α-hetero) is 1. The van der Waals surface area contributed by atoms with Crippen LogP contribution in [0.5, 0.6) is 0 Å². The molecule has 0 radical (unpaired) electrons. The first-order chi connectivity index (χ1) is 10.8. The van der Waals surface area contributed by atoms with Crippen LogP contribution in [-0.4, -0.2) is 52.3 Å². The summed E-state index contributed by atoms with van der Waals surface area (Å²) in [6, 6.07) is -2.97. The second kappa shape index (κ2) is 8.19. The van der Waals surface area contributed by atoms with Crippen molar-refractivity contribution < 1.29 is 28.8 Å². The van der Waals surface area contributed by atoms with Crippen molar-refractivity contribution in [2.45, 2.75) is 38.6 Å². The van der Waals surface area contributed by atoms with Gasteiger partial charge in [0.1, 0.15) is 6.04 Å². The van der Waals surface area contributed by atoms with Gasteiger partial charge >= 0.3 is 12.0 Å². The first-order valence-electron chi connectivity index (χ1n) is 6.65. The number of aliphatic hydroxyl groups excluding tert-OH is 1. The van der Waals surface area contributed by atoms with Crippen molar-refractivity contribution in [2.75, 3.05) is 7.11 Å². The van der Waals surface area contributed by atoms with E-state index in [1.54, 1.807) is 0 Å². The zero-order valence-corrected chi connectivity index (χ0v) is 12.9. The lowest BCUT2D eigenvalue weighted by atomic mass is 10.2. The molecule has 1 rings (SSSR count). The monoisotopic (exact) mass is 329 g/mol. The fourth-order valence-corrected chi connectivity index (χ4v) is 1.50. The highest BCUT2D eigenvalue weighted by Crippen LogP contribution is 2.07. The van der Waals surface area contributed by atoms with Gasteiger partial charge in [-0.1, -0.05) is 5.16 Å². The topological polar surface area (TPSA) is 170 Å². The van der Waals surface area contributed by atoms with Gasteiger partial charge in [-0.15, -0.1) is 0 Å². The summed E-state index contributed by atoms with van der Waals surface area (Å²) in [4.78, 5) is 38.0. The third-order valence-corrected chi connectivity index (χ3v) is 2.82. The van der Waals surface area contributed by atoms with Crippen LogP contribution in [0.1, 0.15) is 31.6 Å². The number of methoxy groups -OCH3 is 1. The standard InChI is InChI=1S/C12H19N5O6/c1-5(18)8(13)10-15-7(23-17-10)4-14-12(21)16-9(6(2)19)11(20)22-3/h6,8-9,19H,4,13H2,1-3H3,(H2,14,16,21)/t6?,8-,9-/m0/s1. The molecule has 0 aliphatic carbocycles. The number of hydrogen-bond donors (Lipinski definition) is 4. The Kier molecular flexibility index (Phi) is 6.60. The number of esters is 1. The molecule has 3 atom stereocenters. The Labute approximate surface area is 131 Å². The zero-order valence-electron chi connectivity index (χ0n) is 12.9. The average Bonchev–Trinajstić information content (AvgIpc) is 2.97. The third-order valence-electron chi connectivity index (χ3n) is 2.82. The Morgan fingerprint density at radius 1 is 1.43 bits per heavy atom. The van der Waals surface area contributed by atoms with Gasteiger partial charge in [-0.05, 0) is 13.8 Å². The summed E-state index contributed by atoms with van der Waals surface area (Å²) in [7, 11) is 1.13. The largest absolute Gasteiger partial charge is 0.467 e. The van der Waals surface area contributed by atoms with Crippen LogP contribution in [-0.2, 0) is 20.9 Å². The Hall–Kier alpha value is -2.53. The molecule has 0 saturated heterocycles. The molecule has 128 valence electrons. The minimum absolute atomic E-state index is 0.00567. The van der Waals surface area contributed by atoms with E-state index in [4.69, 9.17) is 10.3 Å². The zero-order chi connectivity index (χ0) is 17.6. The van der Waals surface area contributed by atoms with Crippen molar-refractivity contribution in [3.8, 4) is 0 Å². The quantitative estimate of drug-likeness (QED) is 0.429. The van der Waals surface area contributed by atoms with Gasteiger partial charge in [0.05, 0.1) is 19.8 Å². The molecule has 23 heavy (non-hydrogen) atoms. The van der Waals surface area contributed by atoms with E-state index in [2.05, 4.69) is 25.5 Å². The van der Waals surface area contributed by atoms with Gasteiger partial charge < -0.3 is 30.7 Å². The summed E-state index contributed by atoms with van der Waals surface area (Å²) in [5, 5.41) is 17.6. The molecule has 0 aliphatic heterocycles. The number of amides is 2. The van der Waals surface area contributed by atoms with Crippen molar-refractivity contribution in [2.24, 2.45) is 5.73 Å². The Bertz CT molecular complexity index is 572. The van der Waals surface area contributed by atoms with Crippen LogP contribution >= 0.6 is 0 Å². The maximum atomic E-state index is 11.7. The van der Waals surface area contributed by atoms with E-state index in [-0.39, 0.29) is 24.0 Å². The van der Waals surface area contributed by atoms with Crippen LogP contribution in [0.25, 0.3) is 0 Å². The van der Waals surface area contributed by atoms with Gasteiger partial charge in [-0.25, -0.2) is 9.59 Å². The van der Waals surface area contributed by atoms with Crippen LogP contribution in [0.4, 0.5) is 4.79 Å². The first kappa shape index (κ1) is 18.5. The van der Waals surface area contributed by atoms with Crippen molar-refractivity contribution >= 4 is 17.8 Å². The molecule has 5 N–H and O–H groups in total. The minimum Gasteiger partial charge on any atom is -0.467 e. The number of ketones is 1. The van der Waals surface area contributed by atoms with Crippen molar-refractivity contribution in [1.29, 1.82) is 0 Å². The van der Waals surface area contributed by atoms with E-state index in [1.165, 1.54) is 13.8 Å². The summed E-state index contributed by atoms with van der Waals surface area (Å²) in [5.74, 6) is -1.09. The maximum absolute atomic E-state index is 11.7. The molecule has 0 aliphatic rings. The van der Waals surface area contributed by atoms with Crippen LogP contribution in [0, 0.1) is 0 Å². The van der Waals surface area contributed by atoms with Gasteiger partial charge in [0.25, 0.3) is 0 Å². The van der Waals surface area contributed by atoms with Gasteiger partial charge in [0, 0.05) is 0 Å². The summed E-state index contributed by atoms with van der Waals surface area (Å²) < 4.78 is 9.29. The Balaban J connectivity index is 2.56. The Morgan fingerprint density at radius 2 is 2.09 bits per heavy atom. The number of nitrogens with one attached hydrogen (secondary N) is 2. The molecule has 1 heterocycles. The molecule has 0 aromatic carbocycles. The number of nitrogens with two attached hydrogens (primary N) is 1. The highest BCUT2D eigenvalue weighted by molar-refractivity contribution is 5.84. The molecule has 0 spiro atoms. The number of nitrogens with zero attached hydrogens (tertiary/aromatic N) is 2. The first-order valence-corrected chi connectivity index (χ1v) is 6.65. The van der Waals surface area contributed by atoms with E-state index in [9.17, 15) is 19.5 Å². The maximum Gasteiger partial charge on any atom is 0.331 e. The summed E-state index contributed by atoms with van der Waals surface area (Å²) in [6.45, 7) is 2.46. The lowest BCUT2D eigenvalue weighted by Gasteiger charge is -2.18. The predicted octanol–water partition coefficient (Wildman–Crippen LogP) is -1.62. The molecule has 0 fully saturated rings. The number of carbonyl (C=O) groups excluding carboxylic acids is 3. The normalized spacial score (nSPS) is 14.5. The van der Waals surface area contributed by atoms with Gasteiger partial charge in [-0.3, -0.25) is 4.79 Å². The van der Waals surface area contributed by atoms with Crippen molar-refractivity contribution in [3.63, 3.8) is 0 Å². The van der Waals surface area contributed by atoms with E-state index in [0.29, 0.717) is 0 Å². The molecule has 1 aromatic rings. The molecule has 0 saturated carbocycles. The summed E-state index contributed by atoms with van der Waals surface area (Å²) >= 11 is 0. The minimum atomic E-state index is -1.22. The molecule has 11 nitrogen and oxygen atoms in total. The Morgan fingerprint density at radius 3 is 2.61 bits per heavy atom. The van der Waals surface area contributed by atoms with E-state index in [1.807, 2.05) is 0 Å². The van der Waals surface area contributed by atoms with Gasteiger partial charge in [0.15, 0.2) is 17.6 Å². The van der Waals surface area contributed by atoms with E-state index in [0.717, 1.165) is 7.11 Å². The van der Waals surface area contributed by atoms with Crippen LogP contribution in [0.15, 0.2) is 4.52 Å². The molecule has 11 heteroatoms. The number of rotatable bonds is 7. The number of hydrogen-bond acceptors (Lipinski definition) is 9. The molecular weight excluding hydrogens is 310 g/mol. The number of aliphatic hydroxyl groups is 1. The van der Waals surface area contributed by atoms with Crippen LogP contribution < -0.4 is 16.4 Å². The van der Waals surface area contributed by atoms with Gasteiger partial charge in [0.2, 0.25) is 5.89 Å². The molecular formula is C12H19N5O6. The number of urea groups is 1. The summed E-state index contributed by atoms with van der Waals surface area (Å²) in [5.41, 5.74) is 5.54. The smallest absolute Gasteiger partial charge is 0.331 e. The second-order valence-corrected chi connectivity index (χ2v) is 4.70. The van der Waals surface area contributed by atoms with Crippen LogP contribution in [0.3, 0.4) is 0 Å². The third kappa shape index (κ3) is 5.30. The van der Waals surface area contributed by atoms with Crippen LogP contribution in [0.2, 0.25) is 0 Å². The highest BCUT2D eigenvalue weighted by Gasteiger charge is 2.26. The molecule has 0 bridgehead atoms. The lowest BCUT2D eigenvalue weighted by molar-refractivity contribution is -0.145. The highest BCUT2D eigenvalue weighted by atomic mass is 16.5. The number of aromatic nitrogens is 2. The second-order valence-electron chi connectivity index (χ2n) is 4.70. The van der Waals surface area contributed by atoms with Crippen molar-refractivity contribution in [3.05, 3.63) is 11.7 Å². The van der Waals surface area contributed by atoms with Gasteiger partial charge in [-0.2, -0.15) is 4.98 Å². The molecule has 2 amide bonds. The fraction of sp³-hybridized carbons (Fsp3) is 0.583.